The van der Waals surface area contributed by atoms with Crippen molar-refractivity contribution in [1.29, 1.82) is 0 Å². The molecule has 7 heteroatoms. The van der Waals surface area contributed by atoms with E-state index in [1.165, 1.54) is 0 Å². The topological polar surface area (TPSA) is 90.6 Å². The summed E-state index contributed by atoms with van der Waals surface area (Å²) < 4.78 is 0. The Bertz CT molecular complexity index is 856. The van der Waals surface area contributed by atoms with Gasteiger partial charge in [-0.2, -0.15) is 5.10 Å². The first kappa shape index (κ1) is 13.8. The number of aromatic nitrogens is 5. The van der Waals surface area contributed by atoms with Crippen molar-refractivity contribution in [3.8, 4) is 11.4 Å². The fourth-order valence-corrected chi connectivity index (χ4v) is 2.88. The van der Waals surface area contributed by atoms with Gasteiger partial charge in [0, 0.05) is 55.8 Å². The average molecular weight is 308 g/mol. The van der Waals surface area contributed by atoms with Gasteiger partial charge >= 0.3 is 0 Å². The lowest BCUT2D eigenvalue weighted by Crippen LogP contribution is -2.35. The molecule has 0 bridgehead atoms. The van der Waals surface area contributed by atoms with E-state index in [9.17, 15) is 4.79 Å². The second-order valence-corrected chi connectivity index (χ2v) is 5.64. The molecule has 116 valence electrons. The van der Waals surface area contributed by atoms with Crippen LogP contribution >= 0.6 is 0 Å². The van der Waals surface area contributed by atoms with Crippen LogP contribution in [0.4, 0.5) is 0 Å². The number of nitrogens with one attached hydrogen (secondary N) is 2. The number of nitrogens with zero attached hydrogens (tertiary/aromatic N) is 4. The number of H-pyrrole nitrogens is 2. The average Bonchev–Trinajstić information content (AvgIpc) is 3.09. The first-order valence-electron chi connectivity index (χ1n) is 7.52. The maximum Gasteiger partial charge on any atom is 0.255 e. The Morgan fingerprint density at radius 3 is 2.91 bits per heavy atom. The van der Waals surface area contributed by atoms with Crippen LogP contribution in [0.5, 0.6) is 0 Å². The van der Waals surface area contributed by atoms with Gasteiger partial charge < -0.3 is 4.98 Å². The summed E-state index contributed by atoms with van der Waals surface area (Å²) in [6, 6.07) is 3.69. The van der Waals surface area contributed by atoms with E-state index in [4.69, 9.17) is 0 Å². The van der Waals surface area contributed by atoms with Gasteiger partial charge in [-0.05, 0) is 12.1 Å². The number of rotatable bonds is 3. The van der Waals surface area contributed by atoms with Crippen molar-refractivity contribution in [1.82, 2.24) is 30.0 Å². The third-order valence-electron chi connectivity index (χ3n) is 4.06. The summed E-state index contributed by atoms with van der Waals surface area (Å²) in [5.41, 5.74) is 3.59. The first-order valence-corrected chi connectivity index (χ1v) is 7.52. The zero-order chi connectivity index (χ0) is 15.6. The number of aromatic amines is 2. The molecule has 0 unspecified atom stereocenters. The molecule has 7 nitrogen and oxygen atoms in total. The second-order valence-electron chi connectivity index (χ2n) is 5.64. The molecule has 0 saturated heterocycles. The molecular weight excluding hydrogens is 292 g/mol. The van der Waals surface area contributed by atoms with Crippen LogP contribution in [0, 0.1) is 0 Å². The van der Waals surface area contributed by atoms with Gasteiger partial charge in [0.15, 0.2) is 0 Å². The molecule has 0 radical (unpaired) electrons. The predicted molar refractivity (Wildman–Crippen MR) is 84.5 cm³/mol. The van der Waals surface area contributed by atoms with Crippen LogP contribution in [-0.2, 0) is 19.5 Å². The molecule has 0 aromatic carbocycles. The fourth-order valence-electron chi connectivity index (χ4n) is 2.88. The van der Waals surface area contributed by atoms with Gasteiger partial charge in [0.1, 0.15) is 5.82 Å². The smallest absolute Gasteiger partial charge is 0.255 e. The summed E-state index contributed by atoms with van der Waals surface area (Å²) in [5.74, 6) is 0.611. The first-order chi connectivity index (χ1) is 11.3. The molecule has 1 aliphatic rings. The Labute approximate surface area is 132 Å². The molecule has 0 atom stereocenters. The van der Waals surface area contributed by atoms with Gasteiger partial charge in [0.2, 0.25) is 0 Å². The van der Waals surface area contributed by atoms with E-state index in [1.807, 2.05) is 24.5 Å². The normalized spacial score (nSPS) is 14.6. The largest absolute Gasteiger partial charge is 0.306 e. The molecule has 4 rings (SSSR count). The van der Waals surface area contributed by atoms with Crippen molar-refractivity contribution in [2.75, 3.05) is 6.54 Å². The highest BCUT2D eigenvalue weighted by Crippen LogP contribution is 2.19. The van der Waals surface area contributed by atoms with E-state index in [0.717, 1.165) is 41.9 Å². The number of hydrogen-bond donors (Lipinski definition) is 2. The molecule has 0 spiro atoms. The third kappa shape index (κ3) is 2.78. The van der Waals surface area contributed by atoms with Crippen molar-refractivity contribution >= 4 is 0 Å². The van der Waals surface area contributed by atoms with Crippen molar-refractivity contribution in [2.45, 2.75) is 19.5 Å². The Balaban J connectivity index is 1.62. The minimum absolute atomic E-state index is 0.0568. The molecule has 0 amide bonds. The Kier molecular flexibility index (Phi) is 3.47. The van der Waals surface area contributed by atoms with Crippen LogP contribution in [0.25, 0.3) is 11.4 Å². The summed E-state index contributed by atoms with van der Waals surface area (Å²) in [5, 5.41) is 6.77. The van der Waals surface area contributed by atoms with E-state index in [2.05, 4.69) is 30.0 Å². The molecular formula is C16H16N6O. The van der Waals surface area contributed by atoms with Crippen LogP contribution in [-0.4, -0.2) is 36.6 Å². The molecule has 4 heterocycles. The highest BCUT2D eigenvalue weighted by molar-refractivity contribution is 5.54. The van der Waals surface area contributed by atoms with Gasteiger partial charge in [-0.15, -0.1) is 0 Å². The molecule has 0 aliphatic carbocycles. The zero-order valence-corrected chi connectivity index (χ0v) is 12.5. The van der Waals surface area contributed by atoms with Gasteiger partial charge in [-0.25, -0.2) is 4.98 Å². The lowest BCUT2D eigenvalue weighted by atomic mass is 10.1. The Morgan fingerprint density at radius 2 is 2.13 bits per heavy atom. The summed E-state index contributed by atoms with van der Waals surface area (Å²) in [7, 11) is 0. The van der Waals surface area contributed by atoms with Crippen LogP contribution in [0.1, 0.15) is 16.8 Å². The summed E-state index contributed by atoms with van der Waals surface area (Å²) >= 11 is 0. The van der Waals surface area contributed by atoms with Gasteiger partial charge in [-0.1, -0.05) is 0 Å². The number of hydrogen-bond acceptors (Lipinski definition) is 5. The lowest BCUT2D eigenvalue weighted by Gasteiger charge is -2.27. The maximum absolute atomic E-state index is 12.4. The predicted octanol–water partition coefficient (Wildman–Crippen LogP) is 1.11. The number of fused-ring (bicyclic) bond motifs is 1. The molecule has 1 aliphatic heterocycles. The number of pyridine rings is 1. The van der Waals surface area contributed by atoms with E-state index >= 15 is 0 Å². The Hall–Kier alpha value is -2.80. The minimum atomic E-state index is -0.0568. The van der Waals surface area contributed by atoms with Crippen molar-refractivity contribution < 1.29 is 0 Å². The van der Waals surface area contributed by atoms with Crippen LogP contribution in [0.3, 0.4) is 0 Å². The fraction of sp³-hybridized carbons (Fsp3) is 0.250. The van der Waals surface area contributed by atoms with Crippen LogP contribution in [0.15, 0.2) is 41.7 Å². The van der Waals surface area contributed by atoms with E-state index in [1.54, 1.807) is 12.4 Å². The Morgan fingerprint density at radius 1 is 1.26 bits per heavy atom. The van der Waals surface area contributed by atoms with Gasteiger partial charge in [0.05, 0.1) is 17.5 Å². The minimum Gasteiger partial charge on any atom is -0.306 e. The zero-order valence-electron chi connectivity index (χ0n) is 12.5. The lowest BCUT2D eigenvalue weighted by molar-refractivity contribution is 0.242. The molecule has 3 aromatic rings. The van der Waals surface area contributed by atoms with Crippen molar-refractivity contribution in [3.63, 3.8) is 0 Å². The van der Waals surface area contributed by atoms with E-state index in [0.29, 0.717) is 12.4 Å². The summed E-state index contributed by atoms with van der Waals surface area (Å²) in [6.07, 6.45) is 7.85. The molecule has 0 fully saturated rings. The monoisotopic (exact) mass is 308 g/mol. The summed E-state index contributed by atoms with van der Waals surface area (Å²) in [6.45, 7) is 2.27. The molecule has 0 saturated carbocycles. The van der Waals surface area contributed by atoms with Crippen molar-refractivity contribution in [2.24, 2.45) is 0 Å². The molecule has 23 heavy (non-hydrogen) atoms. The highest BCUT2D eigenvalue weighted by atomic mass is 16.1. The summed E-state index contributed by atoms with van der Waals surface area (Å²) in [4.78, 5) is 26.2. The van der Waals surface area contributed by atoms with Crippen LogP contribution < -0.4 is 5.56 Å². The SMILES string of the molecule is O=c1[nH]c(-c2ccncc2)nc2c1CN(Cc1cn[nH]c1)CC2. The standard InChI is InChI=1S/C16H16N6O/c23-16-13-10-22(9-11-7-18-19-8-11)6-3-14(13)20-15(21-16)12-1-4-17-5-2-12/h1-2,4-5,7-8H,3,6,9-10H2,(H,18,19)(H,20,21,23). The van der Waals surface area contributed by atoms with Crippen molar-refractivity contribution in [3.05, 3.63) is 64.1 Å². The highest BCUT2D eigenvalue weighted by Gasteiger charge is 2.21. The van der Waals surface area contributed by atoms with Gasteiger partial charge in [-0.3, -0.25) is 19.8 Å². The van der Waals surface area contributed by atoms with E-state index < -0.39 is 0 Å². The molecule has 2 N–H and O–H groups in total. The quantitative estimate of drug-likeness (QED) is 0.756. The van der Waals surface area contributed by atoms with Gasteiger partial charge in [0.25, 0.3) is 5.56 Å². The third-order valence-corrected chi connectivity index (χ3v) is 4.06. The molecule has 3 aromatic heterocycles. The second kappa shape index (κ2) is 5.77. The van der Waals surface area contributed by atoms with E-state index in [-0.39, 0.29) is 5.56 Å². The van der Waals surface area contributed by atoms with Crippen LogP contribution in [0.2, 0.25) is 0 Å². The maximum atomic E-state index is 12.4.